The molecule has 0 amide bonds. The predicted octanol–water partition coefficient (Wildman–Crippen LogP) is 2.71. The second kappa shape index (κ2) is 6.39. The van der Waals surface area contributed by atoms with E-state index in [0.717, 1.165) is 12.8 Å². The Morgan fingerprint density at radius 2 is 1.92 bits per heavy atom. The van der Waals surface area contributed by atoms with Crippen molar-refractivity contribution in [1.82, 2.24) is 0 Å². The number of hydrogen-bond donors (Lipinski definition) is 1. The van der Waals surface area contributed by atoms with Crippen molar-refractivity contribution in [1.29, 1.82) is 0 Å². The topological polar surface area (TPSA) is 35.2 Å². The highest BCUT2D eigenvalue weighted by molar-refractivity contribution is 4.85. The zero-order valence-corrected chi connectivity index (χ0v) is 9.60. The number of ether oxygens (including phenoxy) is 1. The Labute approximate surface area is 82.8 Å². The molecule has 0 saturated heterocycles. The Balaban J connectivity index is 3.84. The standard InChI is InChI=1S/C11H25NO/c1-5-7-8-9-10(12)11(3,6-2)13-4/h10H,5-9,12H2,1-4H3. The van der Waals surface area contributed by atoms with Crippen LogP contribution < -0.4 is 5.73 Å². The molecule has 0 rings (SSSR count). The zero-order chi connectivity index (χ0) is 10.3. The van der Waals surface area contributed by atoms with Gasteiger partial charge in [-0.3, -0.25) is 0 Å². The highest BCUT2D eigenvalue weighted by Gasteiger charge is 2.28. The lowest BCUT2D eigenvalue weighted by molar-refractivity contribution is -0.0210. The lowest BCUT2D eigenvalue weighted by Crippen LogP contribution is -2.46. The van der Waals surface area contributed by atoms with Crippen molar-refractivity contribution < 1.29 is 4.74 Å². The minimum Gasteiger partial charge on any atom is -0.377 e. The van der Waals surface area contributed by atoms with E-state index in [2.05, 4.69) is 20.8 Å². The van der Waals surface area contributed by atoms with Gasteiger partial charge in [0, 0.05) is 13.2 Å². The highest BCUT2D eigenvalue weighted by atomic mass is 16.5. The third kappa shape index (κ3) is 4.10. The fourth-order valence-corrected chi connectivity index (χ4v) is 1.48. The van der Waals surface area contributed by atoms with E-state index >= 15 is 0 Å². The van der Waals surface area contributed by atoms with Crippen LogP contribution in [0.1, 0.15) is 52.9 Å². The second-order valence-electron chi connectivity index (χ2n) is 3.97. The molecule has 2 atom stereocenters. The van der Waals surface area contributed by atoms with Crippen LogP contribution in [-0.2, 0) is 4.74 Å². The maximum Gasteiger partial charge on any atom is 0.0798 e. The van der Waals surface area contributed by atoms with Gasteiger partial charge in [0.1, 0.15) is 0 Å². The summed E-state index contributed by atoms with van der Waals surface area (Å²) in [5.74, 6) is 0. The first-order valence-corrected chi connectivity index (χ1v) is 5.41. The molecule has 2 heteroatoms. The molecule has 0 heterocycles. The fraction of sp³-hybridized carbons (Fsp3) is 1.00. The first-order chi connectivity index (χ1) is 6.10. The number of hydrogen-bond acceptors (Lipinski definition) is 2. The molecule has 0 aromatic rings. The molecule has 80 valence electrons. The van der Waals surface area contributed by atoms with Crippen LogP contribution >= 0.6 is 0 Å². The highest BCUT2D eigenvalue weighted by Crippen LogP contribution is 2.21. The van der Waals surface area contributed by atoms with Gasteiger partial charge < -0.3 is 10.5 Å². The molecule has 2 N–H and O–H groups in total. The van der Waals surface area contributed by atoms with Crippen LogP contribution in [0.15, 0.2) is 0 Å². The fourth-order valence-electron chi connectivity index (χ4n) is 1.48. The van der Waals surface area contributed by atoms with E-state index < -0.39 is 0 Å². The first-order valence-electron chi connectivity index (χ1n) is 5.41. The molecule has 0 saturated carbocycles. The van der Waals surface area contributed by atoms with Gasteiger partial charge in [0.15, 0.2) is 0 Å². The molecule has 0 aliphatic heterocycles. The molecule has 13 heavy (non-hydrogen) atoms. The summed E-state index contributed by atoms with van der Waals surface area (Å²) in [6, 6.07) is 0.175. The largest absolute Gasteiger partial charge is 0.377 e. The van der Waals surface area contributed by atoms with E-state index in [9.17, 15) is 0 Å². The van der Waals surface area contributed by atoms with Gasteiger partial charge in [0.2, 0.25) is 0 Å². The maximum atomic E-state index is 6.09. The second-order valence-corrected chi connectivity index (χ2v) is 3.97. The molecule has 0 aliphatic rings. The molecule has 0 spiro atoms. The third-order valence-corrected chi connectivity index (χ3v) is 3.07. The Bertz CT molecular complexity index is 121. The Hall–Kier alpha value is -0.0800. The molecule has 2 unspecified atom stereocenters. The van der Waals surface area contributed by atoms with Gasteiger partial charge in [0.25, 0.3) is 0 Å². The average Bonchev–Trinajstić information content (AvgIpc) is 2.17. The summed E-state index contributed by atoms with van der Waals surface area (Å²) >= 11 is 0. The van der Waals surface area contributed by atoms with E-state index in [4.69, 9.17) is 10.5 Å². The molecule has 0 fully saturated rings. The SMILES string of the molecule is CCCCCC(N)C(C)(CC)OC. The van der Waals surface area contributed by atoms with Crippen LogP contribution in [0, 0.1) is 0 Å². The summed E-state index contributed by atoms with van der Waals surface area (Å²) in [6.45, 7) is 6.44. The molecular weight excluding hydrogens is 162 g/mol. The van der Waals surface area contributed by atoms with Crippen molar-refractivity contribution in [2.45, 2.75) is 64.5 Å². The van der Waals surface area contributed by atoms with Crippen molar-refractivity contribution in [2.24, 2.45) is 5.73 Å². The van der Waals surface area contributed by atoms with Gasteiger partial charge in [-0.1, -0.05) is 33.1 Å². The maximum absolute atomic E-state index is 6.09. The van der Waals surface area contributed by atoms with Gasteiger partial charge in [0.05, 0.1) is 5.60 Å². The summed E-state index contributed by atoms with van der Waals surface area (Å²) in [6.07, 6.45) is 5.80. The van der Waals surface area contributed by atoms with E-state index in [0.29, 0.717) is 0 Å². The molecule has 0 aliphatic carbocycles. The lowest BCUT2D eigenvalue weighted by atomic mass is 9.90. The van der Waals surface area contributed by atoms with Crippen LogP contribution in [0.25, 0.3) is 0 Å². The number of rotatable bonds is 7. The van der Waals surface area contributed by atoms with Crippen molar-refractivity contribution in [3.8, 4) is 0 Å². The summed E-state index contributed by atoms with van der Waals surface area (Å²) in [5, 5.41) is 0. The molecular formula is C11H25NO. The van der Waals surface area contributed by atoms with Crippen LogP contribution in [0.5, 0.6) is 0 Å². The predicted molar refractivity (Wildman–Crippen MR) is 57.8 cm³/mol. The van der Waals surface area contributed by atoms with Crippen LogP contribution in [-0.4, -0.2) is 18.8 Å². The number of methoxy groups -OCH3 is 1. The van der Waals surface area contributed by atoms with E-state index in [1.54, 1.807) is 7.11 Å². The Morgan fingerprint density at radius 3 is 2.31 bits per heavy atom. The Kier molecular flexibility index (Phi) is 6.35. The van der Waals surface area contributed by atoms with E-state index in [-0.39, 0.29) is 11.6 Å². The molecule has 0 bridgehead atoms. The normalized spacial score (nSPS) is 18.2. The minimum absolute atomic E-state index is 0.131. The number of nitrogens with two attached hydrogens (primary N) is 1. The summed E-state index contributed by atoms with van der Waals surface area (Å²) < 4.78 is 5.45. The van der Waals surface area contributed by atoms with Crippen molar-refractivity contribution in [3.63, 3.8) is 0 Å². The molecule has 0 aromatic heterocycles. The van der Waals surface area contributed by atoms with Gasteiger partial charge in [-0.15, -0.1) is 0 Å². The lowest BCUT2D eigenvalue weighted by Gasteiger charge is -2.33. The van der Waals surface area contributed by atoms with Crippen LogP contribution in [0.2, 0.25) is 0 Å². The monoisotopic (exact) mass is 187 g/mol. The van der Waals surface area contributed by atoms with Crippen LogP contribution in [0.3, 0.4) is 0 Å². The average molecular weight is 187 g/mol. The number of unbranched alkanes of at least 4 members (excludes halogenated alkanes) is 2. The van der Waals surface area contributed by atoms with Gasteiger partial charge in [-0.2, -0.15) is 0 Å². The van der Waals surface area contributed by atoms with Gasteiger partial charge in [-0.05, 0) is 19.8 Å². The van der Waals surface area contributed by atoms with E-state index in [1.807, 2.05) is 0 Å². The van der Waals surface area contributed by atoms with Crippen molar-refractivity contribution >= 4 is 0 Å². The quantitative estimate of drug-likeness (QED) is 0.622. The van der Waals surface area contributed by atoms with Gasteiger partial charge in [-0.25, -0.2) is 0 Å². The summed E-state index contributed by atoms with van der Waals surface area (Å²) in [5.41, 5.74) is 5.96. The minimum atomic E-state index is -0.131. The van der Waals surface area contributed by atoms with Crippen molar-refractivity contribution in [3.05, 3.63) is 0 Å². The Morgan fingerprint density at radius 1 is 1.31 bits per heavy atom. The van der Waals surface area contributed by atoms with Crippen LogP contribution in [0.4, 0.5) is 0 Å². The zero-order valence-electron chi connectivity index (χ0n) is 9.60. The molecule has 0 aromatic carbocycles. The summed E-state index contributed by atoms with van der Waals surface area (Å²) in [4.78, 5) is 0. The summed E-state index contributed by atoms with van der Waals surface area (Å²) in [7, 11) is 1.75. The third-order valence-electron chi connectivity index (χ3n) is 3.07. The smallest absolute Gasteiger partial charge is 0.0798 e. The van der Waals surface area contributed by atoms with Crippen molar-refractivity contribution in [2.75, 3.05) is 7.11 Å². The molecule has 2 nitrogen and oxygen atoms in total. The van der Waals surface area contributed by atoms with E-state index in [1.165, 1.54) is 19.3 Å². The molecule has 0 radical (unpaired) electrons. The van der Waals surface area contributed by atoms with Gasteiger partial charge >= 0.3 is 0 Å². The first kappa shape index (κ1) is 12.9.